The number of nitrogens with one attached hydrogen (secondary N) is 1. The lowest BCUT2D eigenvalue weighted by Gasteiger charge is -2.28. The van der Waals surface area contributed by atoms with Crippen LogP contribution in [0.25, 0.3) is 0 Å². The van der Waals surface area contributed by atoms with Gasteiger partial charge in [-0.1, -0.05) is 20.8 Å². The molecule has 0 aromatic carbocycles. The van der Waals surface area contributed by atoms with Gasteiger partial charge >= 0.3 is 0 Å². The van der Waals surface area contributed by atoms with Gasteiger partial charge in [-0.05, 0) is 52.2 Å². The molecule has 0 aromatic rings. The molecule has 15 heavy (non-hydrogen) atoms. The van der Waals surface area contributed by atoms with Crippen LogP contribution in [0.4, 0.5) is 0 Å². The Morgan fingerprint density at radius 1 is 1.33 bits per heavy atom. The van der Waals surface area contributed by atoms with E-state index in [1.165, 1.54) is 32.5 Å². The second kappa shape index (κ2) is 7.24. The van der Waals surface area contributed by atoms with Gasteiger partial charge in [0.2, 0.25) is 0 Å². The van der Waals surface area contributed by atoms with Crippen LogP contribution in [0.5, 0.6) is 0 Å². The normalized spacial score (nSPS) is 25.6. The summed E-state index contributed by atoms with van der Waals surface area (Å²) in [5, 5.41) is 3.45. The zero-order chi connectivity index (χ0) is 11.9. The van der Waals surface area contributed by atoms with Crippen LogP contribution >= 0.6 is 0 Å². The molecule has 1 fully saturated rings. The summed E-state index contributed by atoms with van der Waals surface area (Å²) < 4.78 is 0. The number of hydrogen-bond donors (Lipinski definition) is 1. The van der Waals surface area contributed by atoms with Gasteiger partial charge in [-0.3, -0.25) is 0 Å². The van der Waals surface area contributed by atoms with Crippen molar-refractivity contribution in [2.75, 3.05) is 26.7 Å². The van der Waals surface area contributed by atoms with Crippen molar-refractivity contribution in [3.8, 4) is 0 Å². The van der Waals surface area contributed by atoms with E-state index in [4.69, 9.17) is 0 Å². The standard InChI is InChI=1S/C11H24N2.C2H6/c1-10(2)13(4)8-6-11(3)5-7-12-9-11;1-2/h10,12H,5-9H2,1-4H3;1-2H3. The van der Waals surface area contributed by atoms with Crippen molar-refractivity contribution >= 4 is 0 Å². The fourth-order valence-electron chi connectivity index (χ4n) is 1.79. The molecule has 2 nitrogen and oxygen atoms in total. The summed E-state index contributed by atoms with van der Waals surface area (Å²) in [6, 6.07) is 0.679. The molecule has 0 radical (unpaired) electrons. The highest BCUT2D eigenvalue weighted by Crippen LogP contribution is 2.28. The van der Waals surface area contributed by atoms with Gasteiger partial charge in [-0.15, -0.1) is 0 Å². The maximum atomic E-state index is 3.45. The molecule has 1 saturated heterocycles. The van der Waals surface area contributed by atoms with Gasteiger partial charge < -0.3 is 10.2 Å². The molecular formula is C13H30N2. The first-order valence-corrected chi connectivity index (χ1v) is 6.44. The Balaban J connectivity index is 0.000000921. The van der Waals surface area contributed by atoms with E-state index in [1.54, 1.807) is 0 Å². The fourth-order valence-corrected chi connectivity index (χ4v) is 1.79. The summed E-state index contributed by atoms with van der Waals surface area (Å²) in [4.78, 5) is 2.43. The first-order chi connectivity index (χ1) is 7.03. The largest absolute Gasteiger partial charge is 0.316 e. The van der Waals surface area contributed by atoms with Gasteiger partial charge in [0.1, 0.15) is 0 Å². The van der Waals surface area contributed by atoms with E-state index < -0.39 is 0 Å². The highest BCUT2D eigenvalue weighted by atomic mass is 15.1. The van der Waals surface area contributed by atoms with Crippen LogP contribution < -0.4 is 5.32 Å². The molecule has 1 aliphatic rings. The average Bonchev–Trinajstić information content (AvgIpc) is 2.65. The van der Waals surface area contributed by atoms with Crippen molar-refractivity contribution in [3.63, 3.8) is 0 Å². The maximum absolute atomic E-state index is 3.45. The van der Waals surface area contributed by atoms with E-state index in [2.05, 4.69) is 38.0 Å². The third-order valence-corrected chi connectivity index (χ3v) is 3.41. The Labute approximate surface area is 96.4 Å². The Bertz CT molecular complexity index is 149. The van der Waals surface area contributed by atoms with Crippen LogP contribution in [0, 0.1) is 5.41 Å². The van der Waals surface area contributed by atoms with Gasteiger partial charge in [0.15, 0.2) is 0 Å². The smallest absolute Gasteiger partial charge is 0.00355 e. The van der Waals surface area contributed by atoms with Gasteiger partial charge in [0, 0.05) is 12.6 Å². The molecule has 2 heteroatoms. The van der Waals surface area contributed by atoms with Crippen molar-refractivity contribution in [2.45, 2.75) is 53.5 Å². The van der Waals surface area contributed by atoms with Crippen molar-refractivity contribution < 1.29 is 0 Å². The Morgan fingerprint density at radius 3 is 2.33 bits per heavy atom. The summed E-state index contributed by atoms with van der Waals surface area (Å²) in [6.45, 7) is 14.6. The topological polar surface area (TPSA) is 15.3 Å². The second-order valence-electron chi connectivity index (χ2n) is 5.06. The summed E-state index contributed by atoms with van der Waals surface area (Å²) >= 11 is 0. The molecule has 1 rings (SSSR count). The lowest BCUT2D eigenvalue weighted by atomic mass is 9.86. The minimum Gasteiger partial charge on any atom is -0.316 e. The first-order valence-electron chi connectivity index (χ1n) is 6.44. The van der Waals surface area contributed by atoms with Gasteiger partial charge in [0.05, 0.1) is 0 Å². The lowest BCUT2D eigenvalue weighted by Crippen LogP contribution is -2.32. The molecule has 0 saturated carbocycles. The quantitative estimate of drug-likeness (QED) is 0.774. The van der Waals surface area contributed by atoms with Crippen molar-refractivity contribution in [1.29, 1.82) is 0 Å². The molecule has 1 aliphatic heterocycles. The van der Waals surface area contributed by atoms with Gasteiger partial charge in [-0.25, -0.2) is 0 Å². The Hall–Kier alpha value is -0.0800. The van der Waals surface area contributed by atoms with E-state index >= 15 is 0 Å². The SMILES string of the molecule is CC.CC(C)N(C)CCC1(C)CCNC1. The van der Waals surface area contributed by atoms with E-state index in [0.29, 0.717) is 11.5 Å². The molecule has 0 aliphatic carbocycles. The Kier molecular flexibility index (Phi) is 7.20. The molecule has 0 bridgehead atoms. The minimum absolute atomic E-state index is 0.559. The summed E-state index contributed by atoms with van der Waals surface area (Å²) in [5.74, 6) is 0. The van der Waals surface area contributed by atoms with E-state index in [9.17, 15) is 0 Å². The summed E-state index contributed by atoms with van der Waals surface area (Å²) in [7, 11) is 2.22. The van der Waals surface area contributed by atoms with Crippen molar-refractivity contribution in [2.24, 2.45) is 5.41 Å². The third-order valence-electron chi connectivity index (χ3n) is 3.41. The predicted octanol–water partition coefficient (Wildman–Crippen LogP) is 2.74. The van der Waals surface area contributed by atoms with Crippen LogP contribution in [-0.4, -0.2) is 37.6 Å². The monoisotopic (exact) mass is 214 g/mol. The van der Waals surface area contributed by atoms with Crippen molar-refractivity contribution in [1.82, 2.24) is 10.2 Å². The third kappa shape index (κ3) is 5.53. The molecule has 92 valence electrons. The maximum Gasteiger partial charge on any atom is 0.00355 e. The van der Waals surface area contributed by atoms with Crippen LogP contribution in [-0.2, 0) is 0 Å². The minimum atomic E-state index is 0.559. The molecule has 0 spiro atoms. The molecule has 0 amide bonds. The van der Waals surface area contributed by atoms with Crippen LogP contribution in [0.15, 0.2) is 0 Å². The van der Waals surface area contributed by atoms with Gasteiger partial charge in [0.25, 0.3) is 0 Å². The number of hydrogen-bond acceptors (Lipinski definition) is 2. The molecule has 1 atom stereocenters. The predicted molar refractivity (Wildman–Crippen MR) is 69.3 cm³/mol. The average molecular weight is 214 g/mol. The molecule has 0 aromatic heterocycles. The molecule has 1 heterocycles. The van der Waals surface area contributed by atoms with E-state index in [0.717, 1.165) is 0 Å². The molecular weight excluding hydrogens is 184 g/mol. The second-order valence-corrected chi connectivity index (χ2v) is 5.06. The number of nitrogens with zero attached hydrogens (tertiary/aromatic N) is 1. The highest BCUT2D eigenvalue weighted by Gasteiger charge is 2.28. The molecule has 1 unspecified atom stereocenters. The van der Waals surface area contributed by atoms with Crippen LogP contribution in [0.3, 0.4) is 0 Å². The first kappa shape index (κ1) is 14.9. The van der Waals surface area contributed by atoms with Crippen LogP contribution in [0.2, 0.25) is 0 Å². The number of rotatable bonds is 4. The fraction of sp³-hybridized carbons (Fsp3) is 1.00. The lowest BCUT2D eigenvalue weighted by molar-refractivity contribution is 0.216. The van der Waals surface area contributed by atoms with Gasteiger partial charge in [-0.2, -0.15) is 0 Å². The van der Waals surface area contributed by atoms with Crippen LogP contribution in [0.1, 0.15) is 47.5 Å². The zero-order valence-electron chi connectivity index (χ0n) is 11.6. The highest BCUT2D eigenvalue weighted by molar-refractivity contribution is 4.84. The van der Waals surface area contributed by atoms with E-state index in [1.807, 2.05) is 13.8 Å². The summed E-state index contributed by atoms with van der Waals surface area (Å²) in [5.41, 5.74) is 0.559. The molecule has 1 N–H and O–H groups in total. The summed E-state index contributed by atoms with van der Waals surface area (Å²) in [6.07, 6.45) is 2.67. The Morgan fingerprint density at radius 2 is 1.93 bits per heavy atom. The van der Waals surface area contributed by atoms with E-state index in [-0.39, 0.29) is 0 Å². The zero-order valence-corrected chi connectivity index (χ0v) is 11.6. The van der Waals surface area contributed by atoms with Crippen molar-refractivity contribution in [3.05, 3.63) is 0 Å².